The lowest BCUT2D eigenvalue weighted by molar-refractivity contribution is -0.163. The van der Waals surface area contributed by atoms with Crippen molar-refractivity contribution in [2.75, 3.05) is 6.61 Å². The number of hydrogen-bond donors (Lipinski definition) is 11. The maximum Gasteiger partial charge on any atom is 0.481 e. The summed E-state index contributed by atoms with van der Waals surface area (Å²) in [6, 6.07) is 0.962. The minimum atomic E-state index is -5.32. The van der Waals surface area contributed by atoms with Crippen LogP contribution in [0.15, 0.2) is 21.9 Å². The van der Waals surface area contributed by atoms with E-state index >= 15 is 0 Å². The number of aliphatic hydroxyl groups excluding tert-OH is 6. The van der Waals surface area contributed by atoms with Crippen LogP contribution in [0.1, 0.15) is 6.23 Å². The molecule has 0 radical (unpaired) electrons. The minimum absolute atomic E-state index is 0.0809. The Labute approximate surface area is 209 Å². The highest BCUT2D eigenvalue weighted by Crippen LogP contribution is 2.57. The number of phosphoric ester groups is 1. The average molecular weight is 598 g/mol. The molecule has 1 unspecified atom stereocenters. The smallest absolute Gasteiger partial charge is 0.479 e. The largest absolute Gasteiger partial charge is 0.481 e. The highest BCUT2D eigenvalue weighted by Gasteiger charge is 2.45. The van der Waals surface area contributed by atoms with Crippen LogP contribution in [-0.4, -0.2) is 122 Å². The van der Waals surface area contributed by atoms with Crippen molar-refractivity contribution < 1.29 is 82.7 Å². The van der Waals surface area contributed by atoms with Crippen LogP contribution in [0.25, 0.3) is 0 Å². The highest BCUT2D eigenvalue weighted by molar-refractivity contribution is 7.60. The van der Waals surface area contributed by atoms with E-state index in [0.717, 1.165) is 16.8 Å². The SMILES string of the molecule is O=C[C@H](O)[C@@H](O)[C@H](O)[C@H](O)C(=O)O.O=c1ccn([C@@H]2O[C@H](COP(=O)(O)OP(=O)(O)O)[C@@H](O)[C@H]2O)c(=O)[nH]1. The van der Waals surface area contributed by atoms with Gasteiger partial charge in [-0.05, 0) is 0 Å². The highest BCUT2D eigenvalue weighted by atomic mass is 31.3. The molecule has 21 nitrogen and oxygen atoms in total. The fourth-order valence-corrected chi connectivity index (χ4v) is 4.26. The zero-order valence-corrected chi connectivity index (χ0v) is 20.3. The Morgan fingerprint density at radius 3 is 2.16 bits per heavy atom. The molecule has 0 aliphatic carbocycles. The van der Waals surface area contributed by atoms with Crippen LogP contribution in [0.5, 0.6) is 0 Å². The molecule has 0 saturated carbocycles. The van der Waals surface area contributed by atoms with Crippen molar-refractivity contribution in [3.05, 3.63) is 33.1 Å². The second-order valence-corrected chi connectivity index (χ2v) is 10.1. The second-order valence-electron chi connectivity index (χ2n) is 7.29. The molecule has 2 rings (SSSR count). The summed E-state index contributed by atoms with van der Waals surface area (Å²) in [6.45, 7) is -0.902. The van der Waals surface area contributed by atoms with Crippen LogP contribution in [0, 0.1) is 0 Å². The van der Waals surface area contributed by atoms with Gasteiger partial charge in [-0.15, -0.1) is 0 Å². The third kappa shape index (κ3) is 9.84. The average Bonchev–Trinajstić information content (AvgIpc) is 3.08. The van der Waals surface area contributed by atoms with E-state index in [1.807, 2.05) is 4.98 Å². The number of aromatic nitrogens is 2. The Kier molecular flexibility index (Phi) is 12.2. The summed E-state index contributed by atoms with van der Waals surface area (Å²) in [5.74, 6) is -1.76. The summed E-state index contributed by atoms with van der Waals surface area (Å²) in [4.78, 5) is 70.6. The number of carbonyl (C=O) groups is 2. The van der Waals surface area contributed by atoms with Crippen molar-refractivity contribution in [2.45, 2.75) is 49.0 Å². The molecule has 1 saturated heterocycles. The monoisotopic (exact) mass is 598 g/mol. The van der Waals surface area contributed by atoms with Gasteiger partial charge < -0.3 is 60.0 Å². The Morgan fingerprint density at radius 1 is 1.11 bits per heavy atom. The number of nitrogens with zero attached hydrogens (tertiary/aromatic N) is 1. The number of nitrogens with one attached hydrogen (secondary N) is 1. The molecule has 218 valence electrons. The first-order chi connectivity index (χ1) is 17.3. The predicted molar refractivity (Wildman–Crippen MR) is 114 cm³/mol. The minimum Gasteiger partial charge on any atom is -0.479 e. The van der Waals surface area contributed by atoms with Crippen molar-refractivity contribution >= 4 is 27.9 Å². The van der Waals surface area contributed by atoms with E-state index in [-0.39, 0.29) is 6.29 Å². The summed E-state index contributed by atoms with van der Waals surface area (Å²) in [5.41, 5.74) is -1.65. The summed E-state index contributed by atoms with van der Waals surface area (Å²) in [7, 11) is -10.5. The van der Waals surface area contributed by atoms with E-state index in [4.69, 9.17) is 44.9 Å². The van der Waals surface area contributed by atoms with Gasteiger partial charge in [0.25, 0.3) is 5.56 Å². The number of hydrogen-bond acceptors (Lipinski definition) is 15. The topological polar surface area (TPSA) is 353 Å². The molecular weight excluding hydrogens is 574 g/mol. The molecule has 1 aliphatic rings. The van der Waals surface area contributed by atoms with Crippen LogP contribution >= 0.6 is 15.6 Å². The van der Waals surface area contributed by atoms with Gasteiger partial charge in [-0.1, -0.05) is 0 Å². The standard InChI is InChI=1S/C9H14N2O12P2.C6H10O7/c12-5-1-2-11(9(15)10-5)8-7(14)6(13)4(22-8)3-21-25(19,20)23-24(16,17)18;7-1-2(8)3(9)4(10)5(11)6(12)13/h1-2,4,6-8,13-14H,3H2,(H,19,20)(H,10,12,15)(H2,16,17,18);1-5,8-11H,(H,12,13)/t4-,6-,7-,8-;2-,3+,4-,5-/m10/s1. The number of aliphatic hydroxyl groups is 6. The van der Waals surface area contributed by atoms with E-state index in [2.05, 4.69) is 8.83 Å². The Hall–Kier alpha value is -2.20. The molecule has 11 N–H and O–H groups in total. The van der Waals surface area contributed by atoms with Crippen molar-refractivity contribution in [3.63, 3.8) is 0 Å². The van der Waals surface area contributed by atoms with Crippen molar-refractivity contribution in [3.8, 4) is 0 Å². The number of ether oxygens (including phenoxy) is 1. The van der Waals surface area contributed by atoms with Gasteiger partial charge in [-0.2, -0.15) is 4.31 Å². The lowest BCUT2D eigenvalue weighted by Crippen LogP contribution is -2.48. The number of phosphoric acid groups is 2. The summed E-state index contributed by atoms with van der Waals surface area (Å²) in [5, 5.41) is 63.0. The second kappa shape index (κ2) is 13.7. The maximum atomic E-state index is 11.7. The first kappa shape index (κ1) is 33.8. The summed E-state index contributed by atoms with van der Waals surface area (Å²) in [6.07, 6.45) is -13.6. The first-order valence-corrected chi connectivity index (χ1v) is 12.8. The van der Waals surface area contributed by atoms with Crippen molar-refractivity contribution in [2.24, 2.45) is 0 Å². The lowest BCUT2D eigenvalue weighted by atomic mass is 10.0. The molecule has 0 spiro atoms. The van der Waals surface area contributed by atoms with Gasteiger partial charge in [0.05, 0.1) is 6.61 Å². The van der Waals surface area contributed by atoms with E-state index in [9.17, 15) is 38.5 Å². The lowest BCUT2D eigenvalue weighted by Gasteiger charge is -2.21. The van der Waals surface area contributed by atoms with Gasteiger partial charge in [0.1, 0.15) is 36.6 Å². The fraction of sp³-hybridized carbons (Fsp3) is 0.600. The number of carboxylic acid groups (broad SMARTS) is 1. The molecule has 1 fully saturated rings. The molecule has 38 heavy (non-hydrogen) atoms. The van der Waals surface area contributed by atoms with Crippen molar-refractivity contribution in [1.29, 1.82) is 0 Å². The van der Waals surface area contributed by atoms with Gasteiger partial charge in [-0.3, -0.25) is 18.9 Å². The summed E-state index contributed by atoms with van der Waals surface area (Å²) < 4.78 is 35.6. The molecule has 2 heterocycles. The van der Waals surface area contributed by atoms with Gasteiger partial charge in [0.15, 0.2) is 18.6 Å². The molecule has 0 amide bonds. The van der Waals surface area contributed by atoms with Gasteiger partial charge >= 0.3 is 27.3 Å². The maximum absolute atomic E-state index is 11.7. The van der Waals surface area contributed by atoms with Gasteiger partial charge in [-0.25, -0.2) is 18.7 Å². The van der Waals surface area contributed by atoms with E-state index in [1.165, 1.54) is 0 Å². The number of carbonyl (C=O) groups excluding carboxylic acids is 1. The van der Waals surface area contributed by atoms with Crippen LogP contribution in [0.4, 0.5) is 0 Å². The number of aromatic amines is 1. The van der Waals surface area contributed by atoms with E-state index < -0.39 is 88.4 Å². The number of carboxylic acids is 1. The van der Waals surface area contributed by atoms with Crippen LogP contribution in [-0.2, 0) is 32.3 Å². The molecule has 1 aromatic rings. The van der Waals surface area contributed by atoms with Crippen LogP contribution < -0.4 is 11.2 Å². The predicted octanol–water partition coefficient (Wildman–Crippen LogP) is -5.90. The quantitative estimate of drug-likeness (QED) is 0.0834. The van der Waals surface area contributed by atoms with E-state index in [0.29, 0.717) is 0 Å². The fourth-order valence-electron chi connectivity index (χ4n) is 2.67. The molecule has 1 aliphatic heterocycles. The first-order valence-electron chi connectivity index (χ1n) is 9.79. The third-order valence-electron chi connectivity index (χ3n) is 4.49. The third-order valence-corrected chi connectivity index (χ3v) is 6.64. The molecule has 23 heteroatoms. The molecule has 0 bridgehead atoms. The molecule has 0 aromatic carbocycles. The Morgan fingerprint density at radius 2 is 1.68 bits per heavy atom. The zero-order chi connectivity index (χ0) is 29.6. The van der Waals surface area contributed by atoms with Gasteiger partial charge in [0, 0.05) is 12.3 Å². The number of H-pyrrole nitrogens is 1. The molecular formula is C15H24N2O19P2. The van der Waals surface area contributed by atoms with Crippen molar-refractivity contribution in [1.82, 2.24) is 9.55 Å². The number of aldehydes is 1. The molecule has 1 aromatic heterocycles. The number of rotatable bonds is 11. The molecule has 9 atom stereocenters. The zero-order valence-electron chi connectivity index (χ0n) is 18.5. The van der Waals surface area contributed by atoms with Crippen LogP contribution in [0.3, 0.4) is 0 Å². The Balaban J connectivity index is 0.000000471. The number of aliphatic carboxylic acids is 1. The van der Waals surface area contributed by atoms with E-state index in [1.54, 1.807) is 0 Å². The summed E-state index contributed by atoms with van der Waals surface area (Å²) >= 11 is 0. The Bertz CT molecular complexity index is 1160. The normalized spacial score (nSPS) is 26.2. The van der Waals surface area contributed by atoms with Crippen LogP contribution in [0.2, 0.25) is 0 Å². The van der Waals surface area contributed by atoms with Gasteiger partial charge in [0.2, 0.25) is 0 Å².